The Bertz CT molecular complexity index is 1060. The van der Waals surface area contributed by atoms with Crippen molar-refractivity contribution in [3.05, 3.63) is 57.2 Å². The summed E-state index contributed by atoms with van der Waals surface area (Å²) in [6.07, 6.45) is 2.78. The number of anilines is 1. The lowest BCUT2D eigenvalue weighted by Gasteiger charge is -2.32. The van der Waals surface area contributed by atoms with Crippen LogP contribution in [-0.2, 0) is 16.0 Å². The number of alkyl carbamates (subject to hydrolysis) is 1. The number of rotatable bonds is 5. The Hall–Kier alpha value is -3.14. The molecule has 0 unspecified atom stereocenters. The molecule has 9 nitrogen and oxygen atoms in total. The van der Waals surface area contributed by atoms with Crippen LogP contribution in [0, 0.1) is 5.82 Å². The number of nitrogens with one attached hydrogen (secondary N) is 2. The molecule has 1 aromatic heterocycles. The van der Waals surface area contributed by atoms with Gasteiger partial charge >= 0.3 is 6.09 Å². The van der Waals surface area contributed by atoms with Gasteiger partial charge in [-0.05, 0) is 30.5 Å². The fourth-order valence-corrected chi connectivity index (χ4v) is 4.36. The molecule has 3 heterocycles. The summed E-state index contributed by atoms with van der Waals surface area (Å²) in [7, 11) is 0. The summed E-state index contributed by atoms with van der Waals surface area (Å²) in [6.45, 7) is 2.10. The standard InChI is InChI=1S/C22H25ClFN5O4/c23-20-18(12-25-27-21(20)31)29-10-7-17(13-29)33-22(32)26-16-5-8-28(9-6-16)19(30)11-14-1-3-15(24)4-2-14/h1-4,12,16-17H,5-11,13H2,(H,26,32)(H,27,31)/t17-/m1/s1. The van der Waals surface area contributed by atoms with E-state index < -0.39 is 11.7 Å². The predicted molar refractivity (Wildman–Crippen MR) is 120 cm³/mol. The van der Waals surface area contributed by atoms with Gasteiger partial charge in [0.15, 0.2) is 0 Å². The van der Waals surface area contributed by atoms with Crippen molar-refractivity contribution in [2.75, 3.05) is 31.1 Å². The highest BCUT2D eigenvalue weighted by Crippen LogP contribution is 2.25. The zero-order valence-electron chi connectivity index (χ0n) is 17.9. The summed E-state index contributed by atoms with van der Waals surface area (Å²) in [6, 6.07) is 5.85. The second kappa shape index (κ2) is 10.2. The van der Waals surface area contributed by atoms with Crippen LogP contribution in [0.3, 0.4) is 0 Å². The van der Waals surface area contributed by atoms with E-state index in [0.717, 1.165) is 5.56 Å². The molecular weight excluding hydrogens is 453 g/mol. The third kappa shape index (κ3) is 5.81. The molecule has 11 heteroatoms. The molecule has 4 rings (SSSR count). The summed E-state index contributed by atoms with van der Waals surface area (Å²) < 4.78 is 18.6. The lowest BCUT2D eigenvalue weighted by Crippen LogP contribution is -2.47. The van der Waals surface area contributed by atoms with Crippen molar-refractivity contribution < 1.29 is 18.7 Å². The Morgan fingerprint density at radius 3 is 2.64 bits per heavy atom. The monoisotopic (exact) mass is 477 g/mol. The van der Waals surface area contributed by atoms with Crippen molar-refractivity contribution in [2.24, 2.45) is 0 Å². The van der Waals surface area contributed by atoms with E-state index in [1.54, 1.807) is 17.0 Å². The van der Waals surface area contributed by atoms with Gasteiger partial charge in [-0.3, -0.25) is 9.59 Å². The SMILES string of the molecule is O=C(NC1CCN(C(=O)Cc2ccc(F)cc2)CC1)O[C@@H]1CCN(c2cn[nH]c(=O)c2Cl)C1. The van der Waals surface area contributed by atoms with E-state index in [0.29, 0.717) is 51.1 Å². The van der Waals surface area contributed by atoms with Crippen molar-refractivity contribution in [1.29, 1.82) is 0 Å². The van der Waals surface area contributed by atoms with Gasteiger partial charge < -0.3 is 19.9 Å². The van der Waals surface area contributed by atoms with Gasteiger partial charge in [0.25, 0.3) is 5.56 Å². The molecule has 0 radical (unpaired) electrons. The maximum atomic E-state index is 13.0. The van der Waals surface area contributed by atoms with Crippen LogP contribution in [0.4, 0.5) is 14.9 Å². The van der Waals surface area contributed by atoms with Gasteiger partial charge in [-0.1, -0.05) is 23.7 Å². The van der Waals surface area contributed by atoms with Gasteiger partial charge in [-0.2, -0.15) is 5.10 Å². The smallest absolute Gasteiger partial charge is 0.407 e. The van der Waals surface area contributed by atoms with Gasteiger partial charge in [0, 0.05) is 32.1 Å². The topological polar surface area (TPSA) is 108 Å². The number of amides is 2. The first-order valence-electron chi connectivity index (χ1n) is 10.9. The average molecular weight is 478 g/mol. The Morgan fingerprint density at radius 1 is 1.18 bits per heavy atom. The van der Waals surface area contributed by atoms with Gasteiger partial charge in [-0.15, -0.1) is 0 Å². The normalized spacial score (nSPS) is 18.9. The molecule has 2 aliphatic heterocycles. The number of hydrogen-bond donors (Lipinski definition) is 2. The third-order valence-corrected chi connectivity index (χ3v) is 6.34. The van der Waals surface area contributed by atoms with E-state index in [9.17, 15) is 18.8 Å². The summed E-state index contributed by atoms with van der Waals surface area (Å²) in [5.74, 6) is -0.340. The first kappa shape index (κ1) is 23.0. The second-order valence-corrected chi connectivity index (χ2v) is 8.64. The Balaban J connectivity index is 1.19. The number of carbonyl (C=O) groups is 2. The van der Waals surface area contributed by atoms with E-state index in [2.05, 4.69) is 15.5 Å². The van der Waals surface area contributed by atoms with Crippen LogP contribution in [0.1, 0.15) is 24.8 Å². The molecule has 2 amide bonds. The lowest BCUT2D eigenvalue weighted by atomic mass is 10.0. The fraction of sp³-hybridized carbons (Fsp3) is 0.455. The maximum absolute atomic E-state index is 13.0. The number of aromatic nitrogens is 2. The molecule has 0 aliphatic carbocycles. The molecule has 2 saturated heterocycles. The minimum Gasteiger partial charge on any atom is -0.444 e. The Kier molecular flexibility index (Phi) is 7.12. The van der Waals surface area contributed by atoms with Crippen molar-refractivity contribution in [1.82, 2.24) is 20.4 Å². The largest absolute Gasteiger partial charge is 0.444 e. The summed E-state index contributed by atoms with van der Waals surface area (Å²) in [5, 5.41) is 9.00. The molecule has 0 spiro atoms. The van der Waals surface area contributed by atoms with Crippen LogP contribution in [0.25, 0.3) is 0 Å². The van der Waals surface area contributed by atoms with E-state index >= 15 is 0 Å². The number of carbonyl (C=O) groups excluding carboxylic acids is 2. The number of H-pyrrole nitrogens is 1. The fourth-order valence-electron chi connectivity index (χ4n) is 4.15. The predicted octanol–water partition coefficient (Wildman–Crippen LogP) is 2.10. The highest BCUT2D eigenvalue weighted by Gasteiger charge is 2.29. The summed E-state index contributed by atoms with van der Waals surface area (Å²) in [4.78, 5) is 40.1. The summed E-state index contributed by atoms with van der Waals surface area (Å²) in [5.41, 5.74) is 0.830. The van der Waals surface area contributed by atoms with E-state index in [-0.39, 0.29) is 35.3 Å². The number of aromatic amines is 1. The number of hydrogen-bond acceptors (Lipinski definition) is 6. The minimum atomic E-state index is -0.493. The van der Waals surface area contributed by atoms with Crippen LogP contribution in [0.5, 0.6) is 0 Å². The van der Waals surface area contributed by atoms with Crippen molar-refractivity contribution in [2.45, 2.75) is 37.8 Å². The molecule has 2 fully saturated rings. The zero-order valence-corrected chi connectivity index (χ0v) is 18.7. The zero-order chi connectivity index (χ0) is 23.4. The molecule has 0 bridgehead atoms. The van der Waals surface area contributed by atoms with Crippen molar-refractivity contribution in [3.63, 3.8) is 0 Å². The van der Waals surface area contributed by atoms with E-state index in [1.807, 2.05) is 4.90 Å². The van der Waals surface area contributed by atoms with Crippen LogP contribution in [-0.4, -0.2) is 65.4 Å². The van der Waals surface area contributed by atoms with Gasteiger partial charge in [0.1, 0.15) is 16.9 Å². The molecule has 33 heavy (non-hydrogen) atoms. The van der Waals surface area contributed by atoms with Crippen LogP contribution in [0.15, 0.2) is 35.3 Å². The van der Waals surface area contributed by atoms with Gasteiger partial charge in [0.2, 0.25) is 5.91 Å². The summed E-state index contributed by atoms with van der Waals surface area (Å²) >= 11 is 6.05. The second-order valence-electron chi connectivity index (χ2n) is 8.26. The molecule has 176 valence electrons. The number of benzene rings is 1. The molecule has 2 aromatic rings. The Morgan fingerprint density at radius 2 is 1.91 bits per heavy atom. The highest BCUT2D eigenvalue weighted by atomic mass is 35.5. The molecular formula is C22H25ClFN5O4. The van der Waals surface area contributed by atoms with Crippen molar-refractivity contribution >= 4 is 29.3 Å². The molecule has 1 aromatic carbocycles. The number of halogens is 2. The van der Waals surface area contributed by atoms with E-state index in [4.69, 9.17) is 16.3 Å². The quantitative estimate of drug-likeness (QED) is 0.683. The van der Waals surface area contributed by atoms with Crippen LogP contribution < -0.4 is 15.8 Å². The first-order valence-corrected chi connectivity index (χ1v) is 11.2. The lowest BCUT2D eigenvalue weighted by molar-refractivity contribution is -0.131. The van der Waals surface area contributed by atoms with Crippen LogP contribution >= 0.6 is 11.6 Å². The minimum absolute atomic E-state index is 0.0124. The number of ether oxygens (including phenoxy) is 1. The number of nitrogens with zero attached hydrogens (tertiary/aromatic N) is 3. The first-order chi connectivity index (χ1) is 15.9. The molecule has 0 saturated carbocycles. The molecule has 2 aliphatic rings. The van der Waals surface area contributed by atoms with E-state index in [1.165, 1.54) is 18.3 Å². The molecule has 2 N–H and O–H groups in total. The van der Waals surface area contributed by atoms with Gasteiger partial charge in [-0.25, -0.2) is 14.3 Å². The third-order valence-electron chi connectivity index (χ3n) is 5.97. The van der Waals surface area contributed by atoms with Crippen molar-refractivity contribution in [3.8, 4) is 0 Å². The number of likely N-dealkylation sites (tertiary alicyclic amines) is 1. The maximum Gasteiger partial charge on any atom is 0.407 e. The Labute approximate surface area is 194 Å². The highest BCUT2D eigenvalue weighted by molar-refractivity contribution is 6.33. The van der Waals surface area contributed by atoms with Gasteiger partial charge in [0.05, 0.1) is 24.8 Å². The number of piperidine rings is 1. The average Bonchev–Trinajstić information content (AvgIpc) is 3.25. The van der Waals surface area contributed by atoms with Crippen LogP contribution in [0.2, 0.25) is 5.02 Å². The molecule has 1 atom stereocenters.